The third kappa shape index (κ3) is 5.53. The number of hydrogen-bond acceptors (Lipinski definition) is 6. The minimum Gasteiger partial charge on any atom is -0.497 e. The molecule has 0 aliphatic rings. The van der Waals surface area contributed by atoms with E-state index in [2.05, 4.69) is 27.6 Å². The summed E-state index contributed by atoms with van der Waals surface area (Å²) in [7, 11) is 3.54. The monoisotopic (exact) mass is 414 g/mol. The molecule has 1 N–H and O–H groups in total. The maximum atomic E-state index is 12.1. The fraction of sp³-hybridized carbons (Fsp3) is 0.250. The molecule has 28 heavy (non-hydrogen) atoms. The van der Waals surface area contributed by atoms with E-state index in [4.69, 9.17) is 4.74 Å². The van der Waals surface area contributed by atoms with Crippen LogP contribution < -0.4 is 10.1 Å². The van der Waals surface area contributed by atoms with Crippen LogP contribution in [-0.4, -0.2) is 45.8 Å². The van der Waals surface area contributed by atoms with Gasteiger partial charge in [0.1, 0.15) is 5.75 Å². The number of nitrogens with zero attached hydrogens (tertiary/aromatic N) is 3. The molecule has 1 heterocycles. The van der Waals surface area contributed by atoms with Gasteiger partial charge in [0.05, 0.1) is 12.9 Å². The van der Waals surface area contributed by atoms with Crippen molar-refractivity contribution in [2.24, 2.45) is 7.05 Å². The molecule has 1 amide bonds. The molecular formula is C20H22N4O2S2. The average molecular weight is 415 g/mol. The van der Waals surface area contributed by atoms with Gasteiger partial charge in [0.25, 0.3) is 0 Å². The van der Waals surface area contributed by atoms with E-state index in [1.807, 2.05) is 54.1 Å². The van der Waals surface area contributed by atoms with E-state index < -0.39 is 0 Å². The zero-order valence-corrected chi connectivity index (χ0v) is 17.4. The van der Waals surface area contributed by atoms with Crippen LogP contribution in [0, 0.1) is 0 Å². The Balaban J connectivity index is 1.45. The fourth-order valence-corrected chi connectivity index (χ4v) is 4.02. The van der Waals surface area contributed by atoms with E-state index in [-0.39, 0.29) is 5.91 Å². The second kappa shape index (κ2) is 10.2. The number of benzene rings is 2. The summed E-state index contributed by atoms with van der Waals surface area (Å²) in [6, 6.07) is 17.8. The normalized spacial score (nSPS) is 10.6. The Kier molecular flexibility index (Phi) is 7.39. The molecule has 0 unspecified atom stereocenters. The Morgan fingerprint density at radius 1 is 1.07 bits per heavy atom. The van der Waals surface area contributed by atoms with Gasteiger partial charge >= 0.3 is 0 Å². The summed E-state index contributed by atoms with van der Waals surface area (Å²) in [5.74, 6) is 2.69. The van der Waals surface area contributed by atoms with Crippen LogP contribution in [0.5, 0.6) is 5.75 Å². The number of nitrogens with one attached hydrogen (secondary N) is 1. The number of hydrogen-bond donors (Lipinski definition) is 1. The molecule has 0 radical (unpaired) electrons. The second-order valence-electron chi connectivity index (χ2n) is 5.89. The van der Waals surface area contributed by atoms with Crippen molar-refractivity contribution in [2.75, 3.05) is 25.2 Å². The molecule has 0 fully saturated rings. The third-order valence-electron chi connectivity index (χ3n) is 3.95. The first kappa shape index (κ1) is 20.3. The summed E-state index contributed by atoms with van der Waals surface area (Å²) < 4.78 is 7.07. The zero-order valence-electron chi connectivity index (χ0n) is 15.8. The number of carbonyl (C=O) groups is 1. The van der Waals surface area contributed by atoms with Crippen LogP contribution in [0.4, 0.5) is 0 Å². The smallest absolute Gasteiger partial charge is 0.230 e. The van der Waals surface area contributed by atoms with Gasteiger partial charge in [0, 0.05) is 29.8 Å². The van der Waals surface area contributed by atoms with E-state index in [1.54, 1.807) is 18.9 Å². The number of rotatable bonds is 9. The molecule has 0 bridgehead atoms. The average Bonchev–Trinajstić information content (AvgIpc) is 3.11. The van der Waals surface area contributed by atoms with Gasteiger partial charge in [0.2, 0.25) is 5.91 Å². The molecule has 0 saturated carbocycles. The van der Waals surface area contributed by atoms with E-state index in [9.17, 15) is 4.79 Å². The first-order valence-corrected chi connectivity index (χ1v) is 10.8. The summed E-state index contributed by atoms with van der Waals surface area (Å²) in [5.41, 5.74) is 0.949. The summed E-state index contributed by atoms with van der Waals surface area (Å²) in [4.78, 5) is 13.3. The number of ether oxygens (including phenoxy) is 1. The Morgan fingerprint density at radius 3 is 2.54 bits per heavy atom. The van der Waals surface area contributed by atoms with Crippen molar-refractivity contribution in [3.63, 3.8) is 0 Å². The third-order valence-corrected chi connectivity index (χ3v) is 5.99. The zero-order chi connectivity index (χ0) is 19.8. The van der Waals surface area contributed by atoms with Crippen LogP contribution in [0.15, 0.2) is 64.6 Å². The van der Waals surface area contributed by atoms with Gasteiger partial charge in [-0.15, -0.1) is 22.0 Å². The van der Waals surface area contributed by atoms with Crippen molar-refractivity contribution in [2.45, 2.75) is 10.1 Å². The lowest BCUT2D eigenvalue weighted by Gasteiger charge is -2.06. The highest BCUT2D eigenvalue weighted by atomic mass is 32.2. The van der Waals surface area contributed by atoms with Crippen LogP contribution in [0.25, 0.3) is 11.4 Å². The summed E-state index contributed by atoms with van der Waals surface area (Å²) in [5, 5.41) is 12.1. The minimum atomic E-state index is -0.00680. The van der Waals surface area contributed by atoms with Gasteiger partial charge in [0.15, 0.2) is 11.0 Å². The van der Waals surface area contributed by atoms with Gasteiger partial charge in [-0.1, -0.05) is 30.0 Å². The molecule has 6 nitrogen and oxygen atoms in total. The van der Waals surface area contributed by atoms with E-state index >= 15 is 0 Å². The Bertz CT molecular complexity index is 898. The van der Waals surface area contributed by atoms with Gasteiger partial charge in [-0.2, -0.15) is 0 Å². The molecule has 0 aliphatic carbocycles. The number of carbonyl (C=O) groups excluding carboxylic acids is 1. The molecule has 0 saturated heterocycles. The molecule has 3 rings (SSSR count). The van der Waals surface area contributed by atoms with E-state index in [0.717, 1.165) is 22.9 Å². The minimum absolute atomic E-state index is 0.00680. The van der Waals surface area contributed by atoms with Crippen molar-refractivity contribution >= 4 is 29.4 Å². The molecule has 0 aliphatic heterocycles. The molecule has 2 aromatic carbocycles. The quantitative estimate of drug-likeness (QED) is 0.427. The van der Waals surface area contributed by atoms with Crippen molar-refractivity contribution in [3.05, 3.63) is 54.6 Å². The van der Waals surface area contributed by atoms with Crippen molar-refractivity contribution in [3.8, 4) is 17.1 Å². The SMILES string of the molecule is COc1ccc(-c2nnc(SCC(=O)NCCSc3ccccc3)n2C)cc1. The number of amides is 1. The van der Waals surface area contributed by atoms with Gasteiger partial charge in [-0.3, -0.25) is 4.79 Å². The molecule has 146 valence electrons. The lowest BCUT2D eigenvalue weighted by atomic mass is 10.2. The van der Waals surface area contributed by atoms with Gasteiger partial charge in [-0.25, -0.2) is 0 Å². The van der Waals surface area contributed by atoms with Crippen LogP contribution in [0.2, 0.25) is 0 Å². The molecule has 1 aromatic heterocycles. The second-order valence-corrected chi connectivity index (χ2v) is 8.00. The molecular weight excluding hydrogens is 392 g/mol. The van der Waals surface area contributed by atoms with Crippen molar-refractivity contribution in [1.29, 1.82) is 0 Å². The Morgan fingerprint density at radius 2 is 1.82 bits per heavy atom. The predicted molar refractivity (Wildman–Crippen MR) is 114 cm³/mol. The van der Waals surface area contributed by atoms with Crippen LogP contribution in [-0.2, 0) is 11.8 Å². The van der Waals surface area contributed by atoms with Crippen LogP contribution >= 0.6 is 23.5 Å². The fourth-order valence-electron chi connectivity index (χ4n) is 2.49. The van der Waals surface area contributed by atoms with Gasteiger partial charge < -0.3 is 14.6 Å². The van der Waals surface area contributed by atoms with E-state index in [1.165, 1.54) is 16.7 Å². The van der Waals surface area contributed by atoms with Crippen molar-refractivity contribution < 1.29 is 9.53 Å². The topological polar surface area (TPSA) is 69.0 Å². The molecule has 0 spiro atoms. The standard InChI is InChI=1S/C20H22N4O2S2/c1-24-19(15-8-10-16(26-2)11-9-15)22-23-20(24)28-14-18(25)21-12-13-27-17-6-4-3-5-7-17/h3-11H,12-14H2,1-2H3,(H,21,25). The number of aromatic nitrogens is 3. The van der Waals surface area contributed by atoms with E-state index in [0.29, 0.717) is 17.5 Å². The maximum absolute atomic E-state index is 12.1. The predicted octanol–water partition coefficient (Wildman–Crippen LogP) is 3.49. The largest absolute Gasteiger partial charge is 0.497 e. The first-order valence-electron chi connectivity index (χ1n) is 8.78. The van der Waals surface area contributed by atoms with Crippen LogP contribution in [0.3, 0.4) is 0 Å². The number of methoxy groups -OCH3 is 1. The Hall–Kier alpha value is -2.45. The molecule has 0 atom stereocenters. The van der Waals surface area contributed by atoms with Crippen LogP contribution in [0.1, 0.15) is 0 Å². The lowest BCUT2D eigenvalue weighted by molar-refractivity contribution is -0.118. The van der Waals surface area contributed by atoms with Crippen molar-refractivity contribution in [1.82, 2.24) is 20.1 Å². The highest BCUT2D eigenvalue weighted by Crippen LogP contribution is 2.24. The highest BCUT2D eigenvalue weighted by Gasteiger charge is 2.13. The Labute approximate surface area is 173 Å². The maximum Gasteiger partial charge on any atom is 0.230 e. The summed E-state index contributed by atoms with van der Waals surface area (Å²) >= 11 is 3.10. The summed E-state index contributed by atoms with van der Waals surface area (Å²) in [6.45, 7) is 0.634. The summed E-state index contributed by atoms with van der Waals surface area (Å²) in [6.07, 6.45) is 0. The number of thioether (sulfide) groups is 2. The first-order chi connectivity index (χ1) is 13.7. The molecule has 3 aromatic rings. The highest BCUT2D eigenvalue weighted by molar-refractivity contribution is 7.99. The molecule has 8 heteroatoms. The van der Waals surface area contributed by atoms with Gasteiger partial charge in [-0.05, 0) is 36.4 Å². The lowest BCUT2D eigenvalue weighted by Crippen LogP contribution is -2.27.